The van der Waals surface area contributed by atoms with E-state index >= 15 is 0 Å². The van der Waals surface area contributed by atoms with E-state index in [1.165, 1.54) is 0 Å². The molecule has 0 spiro atoms. The normalized spacial score (nSPS) is 13.2. The van der Waals surface area contributed by atoms with E-state index in [9.17, 15) is 5.26 Å². The summed E-state index contributed by atoms with van der Waals surface area (Å²) in [6.45, 7) is 2.16. The Morgan fingerprint density at radius 3 is 2.52 bits per heavy atom. The number of aromatic nitrogens is 1. The molecular weight excluding hydrogens is 307 g/mol. The fourth-order valence-electron chi connectivity index (χ4n) is 2.03. The quantitative estimate of drug-likeness (QED) is 0.806. The fraction of sp³-hybridized carbons (Fsp3) is 0.250. The topological polar surface area (TPSA) is 45.9 Å². The molecule has 3 nitrogen and oxygen atoms in total. The molecule has 108 valence electrons. The standard InChI is InChI=1S/C16H14Cl2N2O/c1-2-16(10-19,12-4-3-5-20-9-12)11-21-15-7-13(17)6-14(18)8-15/h3-9H,2,11H2,1H3. The Morgan fingerprint density at radius 2 is 2.00 bits per heavy atom. The molecule has 0 aliphatic carbocycles. The minimum atomic E-state index is -0.747. The molecule has 2 aromatic rings. The van der Waals surface area contributed by atoms with Gasteiger partial charge >= 0.3 is 0 Å². The SMILES string of the molecule is CCC(C#N)(COc1cc(Cl)cc(Cl)c1)c1cccnc1. The van der Waals surface area contributed by atoms with Crippen molar-refractivity contribution >= 4 is 23.2 Å². The molecule has 0 fully saturated rings. The van der Waals surface area contributed by atoms with E-state index in [0.717, 1.165) is 5.56 Å². The molecular formula is C16H14Cl2N2O. The largest absolute Gasteiger partial charge is 0.491 e. The Bertz CT molecular complexity index is 635. The van der Waals surface area contributed by atoms with Crippen LogP contribution in [0.4, 0.5) is 0 Å². The molecule has 0 aliphatic heterocycles. The first-order valence-electron chi connectivity index (χ1n) is 6.50. The van der Waals surface area contributed by atoms with Gasteiger partial charge in [0.2, 0.25) is 0 Å². The zero-order chi connectivity index (χ0) is 15.3. The van der Waals surface area contributed by atoms with Crippen molar-refractivity contribution in [3.63, 3.8) is 0 Å². The summed E-state index contributed by atoms with van der Waals surface area (Å²) in [4.78, 5) is 4.08. The average molecular weight is 321 g/mol. The summed E-state index contributed by atoms with van der Waals surface area (Å²) in [5, 5.41) is 10.6. The lowest BCUT2D eigenvalue weighted by Gasteiger charge is -2.25. The van der Waals surface area contributed by atoms with Gasteiger partial charge in [-0.05, 0) is 36.2 Å². The molecule has 0 amide bonds. The lowest BCUT2D eigenvalue weighted by Crippen LogP contribution is -2.31. The number of pyridine rings is 1. The van der Waals surface area contributed by atoms with Gasteiger partial charge in [-0.15, -0.1) is 0 Å². The molecule has 2 rings (SSSR count). The molecule has 0 bridgehead atoms. The summed E-state index contributed by atoms with van der Waals surface area (Å²) >= 11 is 11.9. The number of rotatable bonds is 5. The van der Waals surface area contributed by atoms with Gasteiger partial charge in [0.05, 0.1) is 6.07 Å². The lowest BCUT2D eigenvalue weighted by molar-refractivity contribution is 0.247. The zero-order valence-electron chi connectivity index (χ0n) is 11.5. The van der Waals surface area contributed by atoms with E-state index in [1.54, 1.807) is 30.6 Å². The van der Waals surface area contributed by atoms with Crippen LogP contribution in [0.15, 0.2) is 42.7 Å². The molecule has 21 heavy (non-hydrogen) atoms. The number of halogens is 2. The molecule has 0 saturated carbocycles. The van der Waals surface area contributed by atoms with Gasteiger partial charge in [-0.1, -0.05) is 36.2 Å². The number of hydrogen-bond donors (Lipinski definition) is 0. The number of nitrogens with zero attached hydrogens (tertiary/aromatic N) is 2. The van der Waals surface area contributed by atoms with Gasteiger partial charge in [0, 0.05) is 22.4 Å². The van der Waals surface area contributed by atoms with Gasteiger partial charge in [0.25, 0.3) is 0 Å². The van der Waals surface area contributed by atoms with Crippen LogP contribution in [0.2, 0.25) is 10.0 Å². The molecule has 1 heterocycles. The summed E-state index contributed by atoms with van der Waals surface area (Å²) in [6, 6.07) is 11.0. The van der Waals surface area contributed by atoms with Crippen LogP contribution in [0.25, 0.3) is 0 Å². The van der Waals surface area contributed by atoms with E-state index in [-0.39, 0.29) is 6.61 Å². The van der Waals surface area contributed by atoms with E-state index in [4.69, 9.17) is 27.9 Å². The Morgan fingerprint density at radius 1 is 1.29 bits per heavy atom. The molecule has 0 aliphatic rings. The van der Waals surface area contributed by atoms with E-state index < -0.39 is 5.41 Å². The van der Waals surface area contributed by atoms with Gasteiger partial charge < -0.3 is 4.74 Å². The van der Waals surface area contributed by atoms with E-state index in [1.807, 2.05) is 19.1 Å². The predicted octanol–water partition coefficient (Wildman–Crippen LogP) is 4.64. The highest BCUT2D eigenvalue weighted by molar-refractivity contribution is 6.34. The van der Waals surface area contributed by atoms with Gasteiger partial charge in [-0.3, -0.25) is 4.98 Å². The van der Waals surface area contributed by atoms with Crippen molar-refractivity contribution in [2.24, 2.45) is 0 Å². The summed E-state index contributed by atoms with van der Waals surface area (Å²) in [5.41, 5.74) is 0.0893. The zero-order valence-corrected chi connectivity index (χ0v) is 13.0. The van der Waals surface area contributed by atoms with Crippen molar-refractivity contribution in [1.82, 2.24) is 4.98 Å². The maximum absolute atomic E-state index is 9.61. The minimum Gasteiger partial charge on any atom is -0.491 e. The van der Waals surface area contributed by atoms with E-state index in [2.05, 4.69) is 11.1 Å². The molecule has 1 unspecified atom stereocenters. The summed E-state index contributed by atoms with van der Waals surface area (Å²) < 4.78 is 5.75. The second-order valence-corrected chi connectivity index (χ2v) is 5.56. The first-order chi connectivity index (χ1) is 10.1. The van der Waals surface area contributed by atoms with Crippen LogP contribution in [0.1, 0.15) is 18.9 Å². The van der Waals surface area contributed by atoms with Gasteiger partial charge in [0.15, 0.2) is 0 Å². The first-order valence-corrected chi connectivity index (χ1v) is 7.26. The van der Waals surface area contributed by atoms with Crippen LogP contribution in [-0.2, 0) is 5.41 Å². The van der Waals surface area contributed by atoms with Gasteiger partial charge in [-0.2, -0.15) is 5.26 Å². The van der Waals surface area contributed by atoms with E-state index in [0.29, 0.717) is 22.2 Å². The second-order valence-electron chi connectivity index (χ2n) is 4.68. The number of hydrogen-bond acceptors (Lipinski definition) is 3. The van der Waals surface area contributed by atoms with Crippen molar-refractivity contribution in [3.8, 4) is 11.8 Å². The maximum atomic E-state index is 9.61. The molecule has 1 aromatic heterocycles. The van der Waals surface area contributed by atoms with Crippen LogP contribution in [0, 0.1) is 11.3 Å². The van der Waals surface area contributed by atoms with Crippen LogP contribution in [0.3, 0.4) is 0 Å². The molecule has 0 N–H and O–H groups in total. The Labute approximate surface area is 134 Å². The van der Waals surface area contributed by atoms with Crippen molar-refractivity contribution in [1.29, 1.82) is 5.26 Å². The third kappa shape index (κ3) is 3.66. The third-order valence-corrected chi connectivity index (χ3v) is 3.79. The van der Waals surface area contributed by atoms with Gasteiger partial charge in [-0.25, -0.2) is 0 Å². The molecule has 1 atom stereocenters. The van der Waals surface area contributed by atoms with Crippen molar-refractivity contribution < 1.29 is 4.74 Å². The Balaban J connectivity index is 2.23. The molecule has 0 radical (unpaired) electrons. The van der Waals surface area contributed by atoms with Crippen LogP contribution >= 0.6 is 23.2 Å². The highest BCUT2D eigenvalue weighted by Gasteiger charge is 2.32. The van der Waals surface area contributed by atoms with Crippen molar-refractivity contribution in [2.75, 3.05) is 6.61 Å². The number of benzene rings is 1. The molecule has 5 heteroatoms. The van der Waals surface area contributed by atoms with Crippen LogP contribution < -0.4 is 4.74 Å². The minimum absolute atomic E-state index is 0.211. The third-order valence-electron chi connectivity index (χ3n) is 3.35. The lowest BCUT2D eigenvalue weighted by atomic mass is 9.81. The van der Waals surface area contributed by atoms with Gasteiger partial charge in [0.1, 0.15) is 17.8 Å². The summed E-state index contributed by atoms with van der Waals surface area (Å²) in [6.07, 6.45) is 3.99. The molecule has 1 aromatic carbocycles. The average Bonchev–Trinajstić information content (AvgIpc) is 2.49. The smallest absolute Gasteiger partial charge is 0.122 e. The maximum Gasteiger partial charge on any atom is 0.122 e. The van der Waals surface area contributed by atoms with Crippen molar-refractivity contribution in [3.05, 3.63) is 58.3 Å². The predicted molar refractivity (Wildman–Crippen MR) is 83.8 cm³/mol. The second kappa shape index (κ2) is 6.80. The van der Waals surface area contributed by atoms with Crippen LogP contribution in [-0.4, -0.2) is 11.6 Å². The van der Waals surface area contributed by atoms with Crippen LogP contribution in [0.5, 0.6) is 5.75 Å². The number of nitriles is 1. The Kier molecular flexibility index (Phi) is 5.06. The highest BCUT2D eigenvalue weighted by atomic mass is 35.5. The highest BCUT2D eigenvalue weighted by Crippen LogP contribution is 2.30. The monoisotopic (exact) mass is 320 g/mol. The summed E-state index contributed by atoms with van der Waals surface area (Å²) in [7, 11) is 0. The number of ether oxygens (including phenoxy) is 1. The summed E-state index contributed by atoms with van der Waals surface area (Å²) in [5.74, 6) is 0.546. The Hall–Kier alpha value is -1.76. The fourth-order valence-corrected chi connectivity index (χ4v) is 2.54. The first kappa shape index (κ1) is 15.6. The molecule has 0 saturated heterocycles. The van der Waals surface area contributed by atoms with Crippen molar-refractivity contribution in [2.45, 2.75) is 18.8 Å².